The first-order chi connectivity index (χ1) is 10.8. The number of carbonyl (C=O) groups is 1. The lowest BCUT2D eigenvalue weighted by atomic mass is 10.0. The molecule has 3 heteroatoms. The van der Waals surface area contributed by atoms with E-state index in [4.69, 9.17) is 0 Å². The third kappa shape index (κ3) is 3.55. The summed E-state index contributed by atoms with van der Waals surface area (Å²) in [6.07, 6.45) is 2.67. The van der Waals surface area contributed by atoms with Gasteiger partial charge in [0.25, 0.3) is 0 Å². The van der Waals surface area contributed by atoms with E-state index in [0.29, 0.717) is 13.0 Å². The van der Waals surface area contributed by atoms with Gasteiger partial charge in [0, 0.05) is 31.7 Å². The molecule has 2 aromatic rings. The Bertz CT molecular complexity index is 624. The minimum Gasteiger partial charge on any atom is -0.312 e. The quantitative estimate of drug-likeness (QED) is 0.859. The van der Waals surface area contributed by atoms with Crippen molar-refractivity contribution in [1.29, 1.82) is 0 Å². The number of nitrogens with zero attached hydrogens (tertiary/aromatic N) is 1. The van der Waals surface area contributed by atoms with Crippen LogP contribution in [-0.2, 0) is 17.8 Å². The molecule has 1 amide bonds. The summed E-state index contributed by atoms with van der Waals surface area (Å²) in [6.45, 7) is 2.37. The van der Waals surface area contributed by atoms with Crippen molar-refractivity contribution in [3.05, 3.63) is 65.7 Å². The highest BCUT2D eigenvalue weighted by atomic mass is 16.2. The molecular weight excluding hydrogens is 272 g/mol. The van der Waals surface area contributed by atoms with Gasteiger partial charge in [0.2, 0.25) is 5.91 Å². The number of aryl methyl sites for hydroxylation is 1. The number of para-hydroxylation sites is 1. The molecule has 1 aliphatic rings. The first-order valence-corrected chi connectivity index (χ1v) is 7.97. The maximum Gasteiger partial charge on any atom is 0.228 e. The molecule has 1 N–H and O–H groups in total. The van der Waals surface area contributed by atoms with Crippen LogP contribution in [0.1, 0.15) is 24.0 Å². The van der Waals surface area contributed by atoms with Gasteiger partial charge in [0.15, 0.2) is 0 Å². The van der Waals surface area contributed by atoms with Gasteiger partial charge in [-0.05, 0) is 30.0 Å². The van der Waals surface area contributed by atoms with E-state index in [1.807, 2.05) is 35.2 Å². The van der Waals surface area contributed by atoms with Gasteiger partial charge in [-0.1, -0.05) is 48.5 Å². The summed E-state index contributed by atoms with van der Waals surface area (Å²) in [7, 11) is 0. The van der Waals surface area contributed by atoms with Crippen LogP contribution in [0.3, 0.4) is 0 Å². The zero-order valence-corrected chi connectivity index (χ0v) is 12.8. The molecule has 0 saturated heterocycles. The Hall–Kier alpha value is -2.13. The van der Waals surface area contributed by atoms with Crippen molar-refractivity contribution in [2.45, 2.75) is 25.8 Å². The predicted molar refractivity (Wildman–Crippen MR) is 89.9 cm³/mol. The van der Waals surface area contributed by atoms with Crippen LogP contribution in [0, 0.1) is 0 Å². The largest absolute Gasteiger partial charge is 0.312 e. The number of amides is 1. The number of benzene rings is 2. The van der Waals surface area contributed by atoms with E-state index in [2.05, 4.69) is 29.6 Å². The molecule has 0 aliphatic carbocycles. The molecule has 0 unspecified atom stereocenters. The van der Waals surface area contributed by atoms with Gasteiger partial charge in [-0.25, -0.2) is 0 Å². The van der Waals surface area contributed by atoms with Gasteiger partial charge in [0.1, 0.15) is 0 Å². The van der Waals surface area contributed by atoms with Crippen LogP contribution in [-0.4, -0.2) is 19.0 Å². The molecule has 3 rings (SSSR count). The summed E-state index contributed by atoms with van der Waals surface area (Å²) in [5.41, 5.74) is 3.64. The van der Waals surface area contributed by atoms with E-state index in [0.717, 1.165) is 31.6 Å². The Morgan fingerprint density at radius 2 is 1.82 bits per heavy atom. The van der Waals surface area contributed by atoms with Crippen LogP contribution in [0.5, 0.6) is 0 Å². The van der Waals surface area contributed by atoms with Crippen molar-refractivity contribution in [2.24, 2.45) is 0 Å². The van der Waals surface area contributed by atoms with Gasteiger partial charge in [-0.15, -0.1) is 0 Å². The molecule has 0 saturated carbocycles. The maximum atomic E-state index is 12.5. The summed E-state index contributed by atoms with van der Waals surface area (Å²) in [4.78, 5) is 14.4. The van der Waals surface area contributed by atoms with E-state index in [-0.39, 0.29) is 5.91 Å². The molecule has 3 nitrogen and oxygen atoms in total. The topological polar surface area (TPSA) is 32.3 Å². The maximum absolute atomic E-state index is 12.5. The summed E-state index contributed by atoms with van der Waals surface area (Å²) in [5.74, 6) is 0.215. The Morgan fingerprint density at radius 1 is 1.05 bits per heavy atom. The third-order valence-corrected chi connectivity index (χ3v) is 4.10. The van der Waals surface area contributed by atoms with Crippen LogP contribution in [0.2, 0.25) is 0 Å². The van der Waals surface area contributed by atoms with Crippen LogP contribution < -0.4 is 10.2 Å². The molecule has 1 heterocycles. The molecule has 0 spiro atoms. The number of nitrogens with one attached hydrogen (secondary N) is 1. The number of fused-ring (bicyclic) bond motifs is 1. The zero-order valence-electron chi connectivity index (χ0n) is 12.8. The molecule has 0 aromatic heterocycles. The van der Waals surface area contributed by atoms with E-state index >= 15 is 0 Å². The van der Waals surface area contributed by atoms with Gasteiger partial charge in [-0.3, -0.25) is 4.79 Å². The Balaban J connectivity index is 1.51. The lowest BCUT2D eigenvalue weighted by molar-refractivity contribution is -0.118. The smallest absolute Gasteiger partial charge is 0.228 e. The predicted octanol–water partition coefficient (Wildman–Crippen LogP) is 3.15. The molecule has 0 radical (unpaired) electrons. The van der Waals surface area contributed by atoms with Crippen molar-refractivity contribution in [1.82, 2.24) is 5.32 Å². The van der Waals surface area contributed by atoms with E-state index in [1.54, 1.807) is 0 Å². The highest BCUT2D eigenvalue weighted by molar-refractivity contribution is 5.94. The summed E-state index contributed by atoms with van der Waals surface area (Å²) >= 11 is 0. The molecule has 0 fully saturated rings. The molecule has 22 heavy (non-hydrogen) atoms. The van der Waals surface area contributed by atoms with E-state index in [9.17, 15) is 4.79 Å². The minimum atomic E-state index is 0.215. The highest BCUT2D eigenvalue weighted by Crippen LogP contribution is 2.26. The summed E-state index contributed by atoms with van der Waals surface area (Å²) < 4.78 is 0. The summed E-state index contributed by atoms with van der Waals surface area (Å²) in [5, 5.41) is 3.35. The van der Waals surface area contributed by atoms with Gasteiger partial charge in [0.05, 0.1) is 0 Å². The summed E-state index contributed by atoms with van der Waals surface area (Å²) in [6, 6.07) is 18.5. The number of anilines is 1. The Labute approximate surface area is 132 Å². The van der Waals surface area contributed by atoms with Crippen molar-refractivity contribution >= 4 is 11.6 Å². The normalized spacial score (nSPS) is 13.7. The first kappa shape index (κ1) is 14.8. The van der Waals surface area contributed by atoms with Crippen molar-refractivity contribution < 1.29 is 4.79 Å². The second-order valence-corrected chi connectivity index (χ2v) is 5.69. The molecule has 0 bridgehead atoms. The number of hydrogen-bond donors (Lipinski definition) is 1. The van der Waals surface area contributed by atoms with Crippen LogP contribution >= 0.6 is 0 Å². The highest BCUT2D eigenvalue weighted by Gasteiger charge is 2.21. The molecule has 114 valence electrons. The average molecular weight is 294 g/mol. The van der Waals surface area contributed by atoms with E-state index < -0.39 is 0 Å². The third-order valence-electron chi connectivity index (χ3n) is 4.10. The van der Waals surface area contributed by atoms with Crippen molar-refractivity contribution in [3.63, 3.8) is 0 Å². The second kappa shape index (κ2) is 7.23. The number of rotatable bonds is 5. The fraction of sp³-hybridized carbons (Fsp3) is 0.316. The Morgan fingerprint density at radius 3 is 2.68 bits per heavy atom. The first-order valence-electron chi connectivity index (χ1n) is 7.97. The monoisotopic (exact) mass is 294 g/mol. The molecule has 0 atom stereocenters. The fourth-order valence-electron chi connectivity index (χ4n) is 2.95. The van der Waals surface area contributed by atoms with Gasteiger partial charge >= 0.3 is 0 Å². The van der Waals surface area contributed by atoms with Crippen molar-refractivity contribution in [2.75, 3.05) is 18.0 Å². The standard InChI is InChI=1S/C19H22N2O/c22-19(12-13-20-15-16-7-2-1-3-8-16)21-14-6-10-17-9-4-5-11-18(17)21/h1-5,7-9,11,20H,6,10,12-15H2. The lowest BCUT2D eigenvalue weighted by Crippen LogP contribution is -2.36. The number of carbonyl (C=O) groups excluding carboxylic acids is 1. The molecular formula is C19H22N2O. The molecule has 1 aliphatic heterocycles. The fourth-order valence-corrected chi connectivity index (χ4v) is 2.95. The molecule has 2 aromatic carbocycles. The van der Waals surface area contributed by atoms with Gasteiger partial charge < -0.3 is 10.2 Å². The second-order valence-electron chi connectivity index (χ2n) is 5.69. The Kier molecular flexibility index (Phi) is 4.86. The average Bonchev–Trinajstić information content (AvgIpc) is 2.59. The van der Waals surface area contributed by atoms with Crippen LogP contribution in [0.15, 0.2) is 54.6 Å². The SMILES string of the molecule is O=C(CCNCc1ccccc1)N1CCCc2ccccc21. The lowest BCUT2D eigenvalue weighted by Gasteiger charge is -2.29. The van der Waals surface area contributed by atoms with E-state index in [1.165, 1.54) is 11.1 Å². The van der Waals surface area contributed by atoms with Crippen LogP contribution in [0.25, 0.3) is 0 Å². The minimum absolute atomic E-state index is 0.215. The van der Waals surface area contributed by atoms with Crippen molar-refractivity contribution in [3.8, 4) is 0 Å². The van der Waals surface area contributed by atoms with Crippen LogP contribution in [0.4, 0.5) is 5.69 Å². The zero-order chi connectivity index (χ0) is 15.2. The number of hydrogen-bond acceptors (Lipinski definition) is 2. The van der Waals surface area contributed by atoms with Gasteiger partial charge in [-0.2, -0.15) is 0 Å².